The maximum atomic E-state index is 13.1. The molecule has 1 aromatic heterocycles. The molecule has 0 bridgehead atoms. The number of hydrogen-bond donors (Lipinski definition) is 0. The van der Waals surface area contributed by atoms with E-state index in [4.69, 9.17) is 16.7 Å². The molecular formula is C21H14ClN3O2S3. The lowest BCUT2D eigenvalue weighted by Gasteiger charge is -2.39. The molecule has 0 saturated carbocycles. The van der Waals surface area contributed by atoms with Gasteiger partial charge in [0.05, 0.1) is 16.3 Å². The molecule has 1 spiro atoms. The van der Waals surface area contributed by atoms with Gasteiger partial charge in [0.1, 0.15) is 0 Å². The van der Waals surface area contributed by atoms with Gasteiger partial charge in [-0.2, -0.15) is 5.10 Å². The molecule has 3 heterocycles. The molecule has 0 aliphatic carbocycles. The van der Waals surface area contributed by atoms with Gasteiger partial charge in [0.2, 0.25) is 16.0 Å². The number of carbonyl (C=O) groups excluding carboxylic acids is 2. The molecule has 5 rings (SSSR count). The van der Waals surface area contributed by atoms with Gasteiger partial charge in [-0.05, 0) is 59.6 Å². The number of anilines is 2. The van der Waals surface area contributed by atoms with Crippen molar-refractivity contribution in [1.82, 2.24) is 0 Å². The highest BCUT2D eigenvalue weighted by Gasteiger charge is 2.58. The largest absolute Gasteiger partial charge is 0.285 e. The number of para-hydroxylation sites is 1. The molecule has 150 valence electrons. The Hall–Kier alpha value is -2.26. The SMILES string of the molecule is O=C(C1=NN(c2ccc(Cl)cc2)[C@]2(SCC(=O)N2c2ccccc2)S1)c1cccs1. The molecule has 1 saturated heterocycles. The van der Waals surface area contributed by atoms with Crippen molar-refractivity contribution in [3.8, 4) is 0 Å². The average molecular weight is 472 g/mol. The Labute approximate surface area is 190 Å². The second kappa shape index (κ2) is 7.77. The highest BCUT2D eigenvalue weighted by molar-refractivity contribution is 8.28. The summed E-state index contributed by atoms with van der Waals surface area (Å²) in [5, 5.41) is 9.29. The van der Waals surface area contributed by atoms with Crippen LogP contribution in [0.25, 0.3) is 0 Å². The Morgan fingerprint density at radius 3 is 2.47 bits per heavy atom. The first-order valence-electron chi connectivity index (χ1n) is 9.02. The monoisotopic (exact) mass is 471 g/mol. The number of nitrogens with zero attached hydrogens (tertiary/aromatic N) is 3. The smallest absolute Gasteiger partial charge is 0.243 e. The number of hydrogen-bond acceptors (Lipinski definition) is 7. The fourth-order valence-corrected chi connectivity index (χ4v) is 6.97. The molecule has 30 heavy (non-hydrogen) atoms. The predicted octanol–water partition coefficient (Wildman–Crippen LogP) is 5.54. The third kappa shape index (κ3) is 3.24. The Morgan fingerprint density at radius 2 is 1.77 bits per heavy atom. The zero-order valence-electron chi connectivity index (χ0n) is 15.4. The van der Waals surface area contributed by atoms with Gasteiger partial charge in [-0.1, -0.05) is 47.6 Å². The normalized spacial score (nSPS) is 20.8. The summed E-state index contributed by atoms with van der Waals surface area (Å²) in [5.74, 6) is 0.124. The molecule has 2 aromatic carbocycles. The fourth-order valence-electron chi connectivity index (χ4n) is 3.31. The zero-order valence-corrected chi connectivity index (χ0v) is 18.6. The molecule has 1 amide bonds. The third-order valence-corrected chi connectivity index (χ3v) is 8.56. The highest BCUT2D eigenvalue weighted by atomic mass is 35.5. The van der Waals surface area contributed by atoms with Crippen LogP contribution in [-0.2, 0) is 4.79 Å². The van der Waals surface area contributed by atoms with Crippen LogP contribution in [-0.4, -0.2) is 26.8 Å². The number of rotatable bonds is 4. The molecule has 1 fully saturated rings. The van der Waals surface area contributed by atoms with Crippen molar-refractivity contribution in [2.75, 3.05) is 15.7 Å². The van der Waals surface area contributed by atoms with Gasteiger partial charge in [-0.25, -0.2) is 5.01 Å². The molecular weight excluding hydrogens is 458 g/mol. The summed E-state index contributed by atoms with van der Waals surface area (Å²) >= 11 is 10.2. The third-order valence-electron chi connectivity index (χ3n) is 4.63. The number of hydrazone groups is 1. The van der Waals surface area contributed by atoms with Crippen LogP contribution in [0.3, 0.4) is 0 Å². The number of halogens is 1. The molecule has 9 heteroatoms. The van der Waals surface area contributed by atoms with Gasteiger partial charge in [-0.3, -0.25) is 14.5 Å². The minimum absolute atomic E-state index is 0.0299. The van der Waals surface area contributed by atoms with Crippen molar-refractivity contribution in [1.29, 1.82) is 0 Å². The lowest BCUT2D eigenvalue weighted by Crippen LogP contribution is -2.51. The topological polar surface area (TPSA) is 53.0 Å². The van der Waals surface area contributed by atoms with Crippen LogP contribution in [0.5, 0.6) is 0 Å². The Kier molecular flexibility index (Phi) is 5.10. The lowest BCUT2D eigenvalue weighted by atomic mass is 10.3. The second-order valence-corrected chi connectivity index (χ2v) is 10.5. The van der Waals surface area contributed by atoms with Crippen molar-refractivity contribution in [2.24, 2.45) is 5.10 Å². The number of benzene rings is 2. The van der Waals surface area contributed by atoms with Crippen molar-refractivity contribution in [3.63, 3.8) is 0 Å². The number of thiophene rings is 1. The standard InChI is InChI=1S/C21H14ClN3O2S3/c22-14-8-10-16(11-9-14)25-21(30-20(23-25)19(27)17-7-4-12-28-17)24(18(26)13-29-21)15-5-2-1-3-6-15/h1-12H,13H2/t21-/m1/s1. The maximum Gasteiger partial charge on any atom is 0.243 e. The quantitative estimate of drug-likeness (QED) is 0.467. The van der Waals surface area contributed by atoms with E-state index < -0.39 is 4.33 Å². The molecule has 0 N–H and O–H groups in total. The Bertz CT molecular complexity index is 1140. The number of ketones is 1. The van der Waals surface area contributed by atoms with Gasteiger partial charge >= 0.3 is 0 Å². The van der Waals surface area contributed by atoms with Gasteiger partial charge in [0.15, 0.2) is 5.04 Å². The van der Waals surface area contributed by atoms with E-state index in [0.29, 0.717) is 20.7 Å². The molecule has 3 aromatic rings. The molecule has 5 nitrogen and oxygen atoms in total. The summed E-state index contributed by atoms with van der Waals surface area (Å²) < 4.78 is -0.922. The van der Waals surface area contributed by atoms with E-state index in [0.717, 1.165) is 11.4 Å². The van der Waals surface area contributed by atoms with E-state index in [1.54, 1.807) is 28.1 Å². The van der Waals surface area contributed by atoms with Crippen LogP contribution in [0.1, 0.15) is 9.67 Å². The van der Waals surface area contributed by atoms with E-state index in [1.165, 1.54) is 34.9 Å². The zero-order chi connectivity index (χ0) is 20.7. The molecule has 0 unspecified atom stereocenters. The first-order valence-corrected chi connectivity index (χ1v) is 12.1. The molecule has 0 radical (unpaired) electrons. The Morgan fingerprint density at radius 1 is 1.00 bits per heavy atom. The van der Waals surface area contributed by atoms with E-state index in [1.807, 2.05) is 53.9 Å². The summed E-state index contributed by atoms with van der Waals surface area (Å²) in [6, 6.07) is 20.4. The van der Waals surface area contributed by atoms with E-state index >= 15 is 0 Å². The average Bonchev–Trinajstić information content (AvgIpc) is 3.49. The summed E-state index contributed by atoms with van der Waals surface area (Å²) in [7, 11) is 0. The number of carbonyl (C=O) groups is 2. The summed E-state index contributed by atoms with van der Waals surface area (Å²) in [6.07, 6.45) is 0. The predicted molar refractivity (Wildman–Crippen MR) is 127 cm³/mol. The van der Waals surface area contributed by atoms with Crippen LogP contribution in [0.4, 0.5) is 11.4 Å². The first kappa shape index (κ1) is 19.7. The van der Waals surface area contributed by atoms with Crippen LogP contribution < -0.4 is 9.91 Å². The van der Waals surface area contributed by atoms with Crippen molar-refractivity contribution < 1.29 is 9.59 Å². The van der Waals surface area contributed by atoms with Gasteiger partial charge in [0.25, 0.3) is 0 Å². The van der Waals surface area contributed by atoms with E-state index in [2.05, 4.69) is 0 Å². The second-order valence-electron chi connectivity index (χ2n) is 6.50. The lowest BCUT2D eigenvalue weighted by molar-refractivity contribution is -0.115. The number of Topliss-reactive ketones (excluding diaryl/α,β-unsaturated/α-hetero) is 1. The van der Waals surface area contributed by atoms with Crippen molar-refractivity contribution in [3.05, 3.63) is 82.0 Å². The fraction of sp³-hybridized carbons (Fsp3) is 0.0952. The summed E-state index contributed by atoms with van der Waals surface area (Å²) in [6.45, 7) is 0. The minimum atomic E-state index is -0.922. The summed E-state index contributed by atoms with van der Waals surface area (Å²) in [5.41, 5.74) is 1.52. The number of amides is 1. The Balaban J connectivity index is 1.63. The molecule has 1 atom stereocenters. The van der Waals surface area contributed by atoms with Crippen LogP contribution >= 0.6 is 46.5 Å². The minimum Gasteiger partial charge on any atom is -0.285 e. The van der Waals surface area contributed by atoms with Gasteiger partial charge < -0.3 is 0 Å². The molecule has 2 aliphatic rings. The van der Waals surface area contributed by atoms with Crippen molar-refractivity contribution >= 4 is 74.6 Å². The van der Waals surface area contributed by atoms with Crippen molar-refractivity contribution in [2.45, 2.75) is 4.33 Å². The highest BCUT2D eigenvalue weighted by Crippen LogP contribution is 2.55. The number of thioether (sulfide) groups is 2. The van der Waals surface area contributed by atoms with Crippen LogP contribution in [0.15, 0.2) is 77.2 Å². The van der Waals surface area contributed by atoms with Gasteiger partial charge in [-0.15, -0.1) is 11.3 Å². The summed E-state index contributed by atoms with van der Waals surface area (Å²) in [4.78, 5) is 28.4. The van der Waals surface area contributed by atoms with Crippen LogP contribution in [0, 0.1) is 0 Å². The van der Waals surface area contributed by atoms with E-state index in [9.17, 15) is 9.59 Å². The van der Waals surface area contributed by atoms with E-state index in [-0.39, 0.29) is 11.7 Å². The first-order chi connectivity index (χ1) is 14.6. The van der Waals surface area contributed by atoms with Gasteiger partial charge in [0, 0.05) is 10.7 Å². The molecule has 2 aliphatic heterocycles. The maximum absolute atomic E-state index is 13.1. The van der Waals surface area contributed by atoms with Crippen LogP contribution in [0.2, 0.25) is 5.02 Å².